The summed E-state index contributed by atoms with van der Waals surface area (Å²) in [6.07, 6.45) is 3.06. The summed E-state index contributed by atoms with van der Waals surface area (Å²) in [5, 5.41) is 6.68. The molecule has 1 aromatic rings. The summed E-state index contributed by atoms with van der Waals surface area (Å²) in [6, 6.07) is 10.3. The Bertz CT molecular complexity index is 642. The molecular weight excluding hydrogens is 356 g/mol. The SMILES string of the molecule is CN=C(NCCSc1ccccc1)NCC1CCN(S(C)(=O)=O)CC1. The average molecular weight is 385 g/mol. The van der Waals surface area contributed by atoms with Gasteiger partial charge in [-0.25, -0.2) is 12.7 Å². The summed E-state index contributed by atoms with van der Waals surface area (Å²) >= 11 is 1.81. The normalized spacial score (nSPS) is 17.4. The molecule has 0 radical (unpaired) electrons. The van der Waals surface area contributed by atoms with Gasteiger partial charge in [0.2, 0.25) is 10.0 Å². The minimum Gasteiger partial charge on any atom is -0.356 e. The van der Waals surface area contributed by atoms with Crippen molar-refractivity contribution in [2.75, 3.05) is 45.2 Å². The molecule has 1 aromatic carbocycles. The molecule has 0 spiro atoms. The Balaban J connectivity index is 1.62. The molecule has 1 fully saturated rings. The molecular formula is C17H28N4O2S2. The third-order valence-electron chi connectivity index (χ3n) is 4.23. The Morgan fingerprint density at radius 1 is 1.24 bits per heavy atom. The van der Waals surface area contributed by atoms with Crippen molar-refractivity contribution in [2.45, 2.75) is 17.7 Å². The van der Waals surface area contributed by atoms with Gasteiger partial charge in [-0.3, -0.25) is 4.99 Å². The van der Waals surface area contributed by atoms with Crippen molar-refractivity contribution in [3.8, 4) is 0 Å². The van der Waals surface area contributed by atoms with Crippen molar-refractivity contribution in [3.05, 3.63) is 30.3 Å². The maximum Gasteiger partial charge on any atom is 0.211 e. The fraction of sp³-hybridized carbons (Fsp3) is 0.588. The summed E-state index contributed by atoms with van der Waals surface area (Å²) in [6.45, 7) is 2.89. The van der Waals surface area contributed by atoms with Gasteiger partial charge in [0.05, 0.1) is 6.26 Å². The highest BCUT2D eigenvalue weighted by atomic mass is 32.2. The van der Waals surface area contributed by atoms with E-state index in [1.54, 1.807) is 11.4 Å². The van der Waals surface area contributed by atoms with Gasteiger partial charge in [-0.05, 0) is 30.9 Å². The van der Waals surface area contributed by atoms with E-state index < -0.39 is 10.0 Å². The highest BCUT2D eigenvalue weighted by Crippen LogP contribution is 2.18. The molecule has 25 heavy (non-hydrogen) atoms. The number of piperidine rings is 1. The van der Waals surface area contributed by atoms with Crippen molar-refractivity contribution in [2.24, 2.45) is 10.9 Å². The smallest absolute Gasteiger partial charge is 0.211 e. The first kappa shape index (κ1) is 20.1. The van der Waals surface area contributed by atoms with E-state index in [4.69, 9.17) is 0 Å². The fourth-order valence-electron chi connectivity index (χ4n) is 2.76. The Labute approximate surface area is 155 Å². The minimum atomic E-state index is -3.05. The predicted octanol–water partition coefficient (Wildman–Crippen LogP) is 1.62. The lowest BCUT2D eigenvalue weighted by molar-refractivity contribution is 0.275. The number of benzene rings is 1. The third kappa shape index (κ3) is 7.25. The van der Waals surface area contributed by atoms with Gasteiger partial charge < -0.3 is 10.6 Å². The summed E-state index contributed by atoms with van der Waals surface area (Å²) in [5.41, 5.74) is 0. The Hall–Kier alpha value is -1.25. The van der Waals surface area contributed by atoms with Crippen molar-refractivity contribution in [1.29, 1.82) is 0 Å². The van der Waals surface area contributed by atoms with Crippen LogP contribution < -0.4 is 10.6 Å². The van der Waals surface area contributed by atoms with Gasteiger partial charge in [-0.1, -0.05) is 18.2 Å². The maximum absolute atomic E-state index is 11.5. The number of nitrogens with zero attached hydrogens (tertiary/aromatic N) is 2. The lowest BCUT2D eigenvalue weighted by Crippen LogP contribution is -2.44. The highest BCUT2D eigenvalue weighted by molar-refractivity contribution is 7.99. The van der Waals surface area contributed by atoms with E-state index in [-0.39, 0.29) is 0 Å². The molecule has 0 atom stereocenters. The number of thioether (sulfide) groups is 1. The predicted molar refractivity (Wildman–Crippen MR) is 106 cm³/mol. The highest BCUT2D eigenvalue weighted by Gasteiger charge is 2.24. The zero-order valence-electron chi connectivity index (χ0n) is 14.9. The molecule has 0 amide bonds. The number of rotatable bonds is 7. The second kappa shape index (κ2) is 10.0. The number of aliphatic imine (C=N–C) groups is 1. The first-order valence-electron chi connectivity index (χ1n) is 8.56. The summed E-state index contributed by atoms with van der Waals surface area (Å²) in [7, 11) is -1.28. The molecule has 1 heterocycles. The van der Waals surface area contributed by atoms with Crippen LogP contribution in [0, 0.1) is 5.92 Å². The van der Waals surface area contributed by atoms with Crippen LogP contribution in [-0.4, -0.2) is 63.9 Å². The van der Waals surface area contributed by atoms with E-state index >= 15 is 0 Å². The minimum absolute atomic E-state index is 0.482. The molecule has 0 aliphatic carbocycles. The molecule has 8 heteroatoms. The van der Waals surface area contributed by atoms with Crippen LogP contribution in [0.5, 0.6) is 0 Å². The molecule has 2 rings (SSSR count). The van der Waals surface area contributed by atoms with Gasteiger partial charge in [0, 0.05) is 43.9 Å². The summed E-state index contributed by atoms with van der Waals surface area (Å²) < 4.78 is 24.6. The molecule has 0 aromatic heterocycles. The zero-order chi connectivity index (χ0) is 18.1. The monoisotopic (exact) mass is 384 g/mol. The second-order valence-electron chi connectivity index (χ2n) is 6.15. The molecule has 0 saturated carbocycles. The van der Waals surface area contributed by atoms with Crippen LogP contribution in [-0.2, 0) is 10.0 Å². The molecule has 1 aliphatic heterocycles. The lowest BCUT2D eigenvalue weighted by Gasteiger charge is -2.30. The number of hydrogen-bond acceptors (Lipinski definition) is 4. The van der Waals surface area contributed by atoms with Crippen LogP contribution in [0.4, 0.5) is 0 Å². The summed E-state index contributed by atoms with van der Waals surface area (Å²) in [5.74, 6) is 2.26. The van der Waals surface area contributed by atoms with Gasteiger partial charge in [0.1, 0.15) is 0 Å². The maximum atomic E-state index is 11.5. The zero-order valence-corrected chi connectivity index (χ0v) is 16.6. The van der Waals surface area contributed by atoms with Crippen molar-refractivity contribution in [3.63, 3.8) is 0 Å². The van der Waals surface area contributed by atoms with Gasteiger partial charge in [0.25, 0.3) is 0 Å². The first-order chi connectivity index (χ1) is 12.0. The van der Waals surface area contributed by atoms with Crippen molar-refractivity contribution in [1.82, 2.24) is 14.9 Å². The van der Waals surface area contributed by atoms with E-state index in [1.165, 1.54) is 11.2 Å². The van der Waals surface area contributed by atoms with Gasteiger partial charge in [-0.15, -0.1) is 11.8 Å². The third-order valence-corrected chi connectivity index (χ3v) is 6.55. The van der Waals surface area contributed by atoms with Gasteiger partial charge >= 0.3 is 0 Å². The van der Waals surface area contributed by atoms with Crippen LogP contribution >= 0.6 is 11.8 Å². The largest absolute Gasteiger partial charge is 0.356 e. The van der Waals surface area contributed by atoms with E-state index in [0.29, 0.717) is 19.0 Å². The van der Waals surface area contributed by atoms with E-state index in [0.717, 1.165) is 37.6 Å². The van der Waals surface area contributed by atoms with Crippen LogP contribution in [0.2, 0.25) is 0 Å². The van der Waals surface area contributed by atoms with E-state index in [2.05, 4.69) is 27.8 Å². The molecule has 6 nitrogen and oxygen atoms in total. The van der Waals surface area contributed by atoms with Crippen LogP contribution in [0.25, 0.3) is 0 Å². The Morgan fingerprint density at radius 3 is 2.52 bits per heavy atom. The van der Waals surface area contributed by atoms with E-state index in [1.807, 2.05) is 30.0 Å². The lowest BCUT2D eigenvalue weighted by atomic mass is 9.98. The number of guanidine groups is 1. The molecule has 1 saturated heterocycles. The van der Waals surface area contributed by atoms with Gasteiger partial charge in [0.15, 0.2) is 5.96 Å². The Kier molecular flexibility index (Phi) is 8.05. The van der Waals surface area contributed by atoms with Crippen LogP contribution in [0.3, 0.4) is 0 Å². The number of sulfonamides is 1. The standard InChI is InChI=1S/C17H28N4O2S2/c1-18-17(19-10-13-24-16-6-4-3-5-7-16)20-14-15-8-11-21(12-9-15)25(2,22)23/h3-7,15H,8-14H2,1-2H3,(H2,18,19,20). The van der Waals surface area contributed by atoms with Crippen molar-refractivity contribution < 1.29 is 8.42 Å². The van der Waals surface area contributed by atoms with Crippen LogP contribution in [0.1, 0.15) is 12.8 Å². The number of nitrogens with one attached hydrogen (secondary N) is 2. The number of hydrogen-bond donors (Lipinski definition) is 2. The van der Waals surface area contributed by atoms with Gasteiger partial charge in [-0.2, -0.15) is 0 Å². The molecule has 1 aliphatic rings. The average Bonchev–Trinajstić information content (AvgIpc) is 2.61. The molecule has 140 valence electrons. The summed E-state index contributed by atoms with van der Waals surface area (Å²) in [4.78, 5) is 5.52. The Morgan fingerprint density at radius 2 is 1.92 bits per heavy atom. The van der Waals surface area contributed by atoms with E-state index in [9.17, 15) is 8.42 Å². The fourth-order valence-corrected chi connectivity index (χ4v) is 4.43. The molecule has 0 unspecified atom stereocenters. The topological polar surface area (TPSA) is 73.8 Å². The molecule has 2 N–H and O–H groups in total. The second-order valence-corrected chi connectivity index (χ2v) is 9.30. The molecule has 0 bridgehead atoms. The van der Waals surface area contributed by atoms with Crippen molar-refractivity contribution >= 4 is 27.7 Å². The first-order valence-corrected chi connectivity index (χ1v) is 11.4. The van der Waals surface area contributed by atoms with Crippen LogP contribution in [0.15, 0.2) is 40.2 Å². The quantitative estimate of drug-likeness (QED) is 0.323.